The lowest BCUT2D eigenvalue weighted by atomic mass is 10.2. The fraction of sp³-hybridized carbons (Fsp3) is 0.353. The van der Waals surface area contributed by atoms with Gasteiger partial charge in [-0.3, -0.25) is 4.79 Å². The molecule has 0 saturated carbocycles. The highest BCUT2D eigenvalue weighted by molar-refractivity contribution is 6.32. The maximum absolute atomic E-state index is 12.5. The predicted octanol–water partition coefficient (Wildman–Crippen LogP) is 2.24. The number of rotatable bonds is 5. The first-order valence-corrected chi connectivity index (χ1v) is 8.37. The molecule has 1 fully saturated rings. The van der Waals surface area contributed by atoms with E-state index in [4.69, 9.17) is 25.8 Å². The molecule has 138 valence electrons. The summed E-state index contributed by atoms with van der Waals surface area (Å²) in [4.78, 5) is 23.0. The molecule has 1 aliphatic rings. The van der Waals surface area contributed by atoms with Crippen molar-refractivity contribution in [2.24, 2.45) is 0 Å². The summed E-state index contributed by atoms with van der Waals surface area (Å²) in [6, 6.07) is 3.18. The lowest BCUT2D eigenvalue weighted by molar-refractivity contribution is 0.102. The van der Waals surface area contributed by atoms with Gasteiger partial charge in [0, 0.05) is 31.5 Å². The number of carbonyl (C=O) groups is 1. The number of morpholine rings is 1. The number of ether oxygens (including phenoxy) is 3. The van der Waals surface area contributed by atoms with E-state index < -0.39 is 0 Å². The summed E-state index contributed by atoms with van der Waals surface area (Å²) in [5.41, 5.74) is 0.761. The Balaban J connectivity index is 1.74. The second-order valence-corrected chi connectivity index (χ2v) is 5.92. The van der Waals surface area contributed by atoms with Gasteiger partial charge in [0.15, 0.2) is 0 Å². The number of benzene rings is 1. The fourth-order valence-electron chi connectivity index (χ4n) is 2.52. The summed E-state index contributed by atoms with van der Waals surface area (Å²) in [6.45, 7) is 2.74. The number of nitrogens with zero attached hydrogens (tertiary/aromatic N) is 3. The van der Waals surface area contributed by atoms with Crippen molar-refractivity contribution in [1.82, 2.24) is 9.97 Å². The van der Waals surface area contributed by atoms with Crippen LogP contribution in [-0.4, -0.2) is 56.4 Å². The van der Waals surface area contributed by atoms with Crippen molar-refractivity contribution in [2.75, 3.05) is 50.7 Å². The topological polar surface area (TPSA) is 85.8 Å². The molecule has 0 bridgehead atoms. The molecule has 1 aliphatic heterocycles. The third kappa shape index (κ3) is 3.97. The average molecular weight is 379 g/mol. The Morgan fingerprint density at radius 1 is 1.15 bits per heavy atom. The van der Waals surface area contributed by atoms with Gasteiger partial charge in [-0.2, -0.15) is 0 Å². The van der Waals surface area contributed by atoms with Crippen molar-refractivity contribution >= 4 is 29.1 Å². The monoisotopic (exact) mass is 378 g/mol. The van der Waals surface area contributed by atoms with E-state index in [-0.39, 0.29) is 5.91 Å². The van der Waals surface area contributed by atoms with Gasteiger partial charge >= 0.3 is 0 Å². The Bertz CT molecular complexity index is 779. The number of nitrogens with one attached hydrogen (secondary N) is 1. The summed E-state index contributed by atoms with van der Waals surface area (Å²) in [6.07, 6.45) is 2.98. The largest absolute Gasteiger partial charge is 0.495 e. The molecular weight excluding hydrogens is 360 g/mol. The highest BCUT2D eigenvalue weighted by Crippen LogP contribution is 2.36. The van der Waals surface area contributed by atoms with Crippen molar-refractivity contribution in [3.63, 3.8) is 0 Å². The van der Waals surface area contributed by atoms with Crippen LogP contribution in [0.4, 0.5) is 11.6 Å². The predicted molar refractivity (Wildman–Crippen MR) is 97.6 cm³/mol. The number of hydrogen-bond donors (Lipinski definition) is 1. The molecule has 1 amide bonds. The van der Waals surface area contributed by atoms with E-state index in [1.807, 2.05) is 4.90 Å². The molecule has 1 aromatic carbocycles. The highest BCUT2D eigenvalue weighted by atomic mass is 35.5. The number of hydrogen-bond acceptors (Lipinski definition) is 7. The Hall–Kier alpha value is -2.58. The number of amides is 1. The Morgan fingerprint density at radius 2 is 1.81 bits per heavy atom. The van der Waals surface area contributed by atoms with Crippen molar-refractivity contribution in [3.8, 4) is 11.5 Å². The molecule has 1 saturated heterocycles. The van der Waals surface area contributed by atoms with E-state index in [0.717, 1.165) is 13.1 Å². The van der Waals surface area contributed by atoms with Gasteiger partial charge in [-0.05, 0) is 6.07 Å². The zero-order chi connectivity index (χ0) is 18.5. The van der Waals surface area contributed by atoms with E-state index in [2.05, 4.69) is 15.3 Å². The summed E-state index contributed by atoms with van der Waals surface area (Å²) in [5.74, 6) is 1.11. The minimum Gasteiger partial charge on any atom is -0.495 e. The van der Waals surface area contributed by atoms with Crippen LogP contribution in [-0.2, 0) is 4.74 Å². The summed E-state index contributed by atoms with van der Waals surface area (Å²) >= 11 is 6.12. The summed E-state index contributed by atoms with van der Waals surface area (Å²) in [5, 5.41) is 3.11. The van der Waals surface area contributed by atoms with E-state index in [9.17, 15) is 4.79 Å². The van der Waals surface area contributed by atoms with E-state index >= 15 is 0 Å². The summed E-state index contributed by atoms with van der Waals surface area (Å²) < 4.78 is 15.7. The number of aromatic nitrogens is 2. The van der Waals surface area contributed by atoms with Crippen molar-refractivity contribution in [1.29, 1.82) is 0 Å². The molecule has 2 heterocycles. The van der Waals surface area contributed by atoms with E-state index in [1.165, 1.54) is 26.6 Å². The molecule has 0 aliphatic carbocycles. The maximum atomic E-state index is 12.5. The molecule has 9 heteroatoms. The molecule has 3 rings (SSSR count). The third-order valence-corrected chi connectivity index (χ3v) is 4.21. The zero-order valence-corrected chi connectivity index (χ0v) is 15.2. The van der Waals surface area contributed by atoms with E-state index in [0.29, 0.717) is 46.9 Å². The van der Waals surface area contributed by atoms with Gasteiger partial charge in [0.1, 0.15) is 11.5 Å². The Labute approximate surface area is 156 Å². The van der Waals surface area contributed by atoms with Gasteiger partial charge in [-0.25, -0.2) is 9.97 Å². The molecule has 0 spiro atoms. The number of anilines is 2. The van der Waals surface area contributed by atoms with Gasteiger partial charge < -0.3 is 24.4 Å². The molecule has 0 radical (unpaired) electrons. The SMILES string of the molecule is COc1cc(OC)c(NC(=O)c2cnc(N3CCOCC3)nc2)cc1Cl. The number of carbonyl (C=O) groups excluding carboxylic acids is 1. The highest BCUT2D eigenvalue weighted by Gasteiger charge is 2.17. The smallest absolute Gasteiger partial charge is 0.258 e. The maximum Gasteiger partial charge on any atom is 0.258 e. The first-order valence-electron chi connectivity index (χ1n) is 8.00. The minimum absolute atomic E-state index is 0.330. The molecule has 0 unspecified atom stereocenters. The van der Waals surface area contributed by atoms with Crippen LogP contribution in [0.3, 0.4) is 0 Å². The molecule has 26 heavy (non-hydrogen) atoms. The van der Waals surface area contributed by atoms with Gasteiger partial charge in [-0.1, -0.05) is 11.6 Å². The van der Waals surface area contributed by atoms with Crippen LogP contribution in [0.2, 0.25) is 5.02 Å². The normalized spacial score (nSPS) is 14.0. The average Bonchev–Trinajstić information content (AvgIpc) is 2.69. The first kappa shape index (κ1) is 18.2. The van der Waals surface area contributed by atoms with Gasteiger partial charge in [-0.15, -0.1) is 0 Å². The molecule has 0 atom stereocenters. The number of methoxy groups -OCH3 is 2. The van der Waals surface area contributed by atoms with Crippen LogP contribution < -0.4 is 19.7 Å². The van der Waals surface area contributed by atoms with Gasteiger partial charge in [0.05, 0.1) is 43.7 Å². The van der Waals surface area contributed by atoms with Crippen molar-refractivity contribution < 1.29 is 19.0 Å². The second kappa shape index (κ2) is 8.20. The molecule has 8 nitrogen and oxygen atoms in total. The van der Waals surface area contributed by atoms with Gasteiger partial charge in [0.2, 0.25) is 5.95 Å². The lowest BCUT2D eigenvalue weighted by Gasteiger charge is -2.26. The first-order chi connectivity index (χ1) is 12.6. The molecule has 1 aromatic heterocycles. The fourth-order valence-corrected chi connectivity index (χ4v) is 2.76. The molecular formula is C17H19ClN4O4. The van der Waals surface area contributed by atoms with Crippen LogP contribution in [0.25, 0.3) is 0 Å². The second-order valence-electron chi connectivity index (χ2n) is 5.51. The Morgan fingerprint density at radius 3 is 2.42 bits per heavy atom. The lowest BCUT2D eigenvalue weighted by Crippen LogP contribution is -2.37. The van der Waals surface area contributed by atoms with Crippen LogP contribution in [0.15, 0.2) is 24.5 Å². The van der Waals surface area contributed by atoms with Crippen LogP contribution >= 0.6 is 11.6 Å². The van der Waals surface area contributed by atoms with Crippen LogP contribution in [0.1, 0.15) is 10.4 Å². The minimum atomic E-state index is -0.363. The van der Waals surface area contributed by atoms with Crippen molar-refractivity contribution in [2.45, 2.75) is 0 Å². The summed E-state index contributed by atoms with van der Waals surface area (Å²) in [7, 11) is 3.00. The molecule has 1 N–H and O–H groups in total. The molecule has 2 aromatic rings. The quantitative estimate of drug-likeness (QED) is 0.853. The zero-order valence-electron chi connectivity index (χ0n) is 14.5. The van der Waals surface area contributed by atoms with Crippen molar-refractivity contribution in [3.05, 3.63) is 35.1 Å². The van der Waals surface area contributed by atoms with Crippen LogP contribution in [0, 0.1) is 0 Å². The third-order valence-electron chi connectivity index (χ3n) is 3.92. The van der Waals surface area contributed by atoms with Crippen LogP contribution in [0.5, 0.6) is 11.5 Å². The number of halogens is 1. The van der Waals surface area contributed by atoms with Gasteiger partial charge in [0.25, 0.3) is 5.91 Å². The Kier molecular flexibility index (Phi) is 5.75. The van der Waals surface area contributed by atoms with E-state index in [1.54, 1.807) is 12.1 Å². The standard InChI is InChI=1S/C17H19ClN4O4/c1-24-14-8-15(25-2)13(7-12(14)18)21-16(23)11-9-19-17(20-10-11)22-3-5-26-6-4-22/h7-10H,3-6H2,1-2H3,(H,21,23).